The first kappa shape index (κ1) is 24.1. The second-order valence-electron chi connectivity index (χ2n) is 8.42. The van der Waals surface area contributed by atoms with Crippen LogP contribution < -0.4 is 0 Å². The molecular weight excluding hydrogens is 394 g/mol. The molecule has 2 fully saturated rings. The van der Waals surface area contributed by atoms with Crippen molar-refractivity contribution in [2.75, 3.05) is 13.6 Å². The molecule has 3 aliphatic rings. The molecule has 9 heteroatoms. The van der Waals surface area contributed by atoms with Crippen LogP contribution in [-0.4, -0.2) is 79.7 Å². The quantitative estimate of drug-likeness (QED) is 0.455. The zero-order valence-corrected chi connectivity index (χ0v) is 17.0. The molecule has 1 aliphatic heterocycles. The van der Waals surface area contributed by atoms with Crippen LogP contribution in [-0.2, 0) is 21.4 Å². The van der Waals surface area contributed by atoms with Crippen LogP contribution in [0.25, 0.3) is 0 Å². The fraction of sp³-hybridized carbons (Fsp3) is 0.619. The van der Waals surface area contributed by atoms with E-state index in [2.05, 4.69) is 24.1 Å². The van der Waals surface area contributed by atoms with Crippen molar-refractivity contribution in [1.29, 1.82) is 0 Å². The summed E-state index contributed by atoms with van der Waals surface area (Å²) in [7, 11) is 2.30. The molecule has 5 atom stereocenters. The van der Waals surface area contributed by atoms with Crippen LogP contribution in [0.2, 0.25) is 0 Å². The van der Waals surface area contributed by atoms with Gasteiger partial charge in [0.15, 0.2) is 12.2 Å². The minimum atomic E-state index is -2.27. The van der Waals surface area contributed by atoms with Crippen LogP contribution in [0, 0.1) is 5.92 Å². The van der Waals surface area contributed by atoms with E-state index in [9.17, 15) is 14.7 Å². The third-order valence-corrected chi connectivity index (χ3v) is 6.90. The Kier molecular flexibility index (Phi) is 7.46. The second-order valence-corrected chi connectivity index (χ2v) is 8.42. The van der Waals surface area contributed by atoms with Crippen LogP contribution >= 0.6 is 0 Å². The number of aliphatic hydroxyl groups excluding tert-OH is 2. The van der Waals surface area contributed by atoms with E-state index in [0.29, 0.717) is 11.2 Å². The molecule has 2 aliphatic carbocycles. The third-order valence-electron chi connectivity index (χ3n) is 6.90. The molecule has 0 aromatic heterocycles. The molecule has 0 radical (unpaired) electrons. The average Bonchev–Trinajstić information content (AvgIpc) is 2.70. The van der Waals surface area contributed by atoms with E-state index >= 15 is 0 Å². The highest BCUT2D eigenvalue weighted by molar-refractivity contribution is 5.83. The van der Waals surface area contributed by atoms with Gasteiger partial charge >= 0.3 is 11.9 Å². The molecule has 0 amide bonds. The number of aromatic hydroxyl groups is 1. The van der Waals surface area contributed by atoms with E-state index in [1.165, 1.54) is 56.2 Å². The van der Waals surface area contributed by atoms with Gasteiger partial charge in [0.1, 0.15) is 5.75 Å². The summed E-state index contributed by atoms with van der Waals surface area (Å²) in [6.07, 6.45) is 3.39. The van der Waals surface area contributed by atoms with Gasteiger partial charge in [0.2, 0.25) is 0 Å². The topological polar surface area (TPSA) is 170 Å². The van der Waals surface area contributed by atoms with Gasteiger partial charge in [0.05, 0.1) is 0 Å². The molecule has 0 spiro atoms. The van der Waals surface area contributed by atoms with Gasteiger partial charge in [0, 0.05) is 11.5 Å². The average molecular weight is 425 g/mol. The lowest BCUT2D eigenvalue weighted by molar-refractivity contribution is -0.165. The van der Waals surface area contributed by atoms with Crippen LogP contribution in [0.5, 0.6) is 5.75 Å². The highest BCUT2D eigenvalue weighted by Gasteiger charge is 2.53. The minimum absolute atomic E-state index is 0. The number of likely N-dealkylation sites (tertiary alicyclic amines) is 1. The van der Waals surface area contributed by atoms with E-state index in [-0.39, 0.29) is 5.48 Å². The van der Waals surface area contributed by atoms with Crippen LogP contribution in [0.3, 0.4) is 0 Å². The van der Waals surface area contributed by atoms with Gasteiger partial charge in [-0.15, -0.1) is 0 Å². The summed E-state index contributed by atoms with van der Waals surface area (Å²) in [6, 6.07) is 6.85. The Morgan fingerprint density at radius 3 is 2.33 bits per heavy atom. The summed E-state index contributed by atoms with van der Waals surface area (Å²) in [5.41, 5.74) is 3.36. The van der Waals surface area contributed by atoms with Crippen molar-refractivity contribution >= 4 is 11.9 Å². The standard InChI is InChI=1S/C17H23NO.C4H6O6.H2O/c1-18-9-8-17-7-3-2-4-14(17)16(18)10-12-5-6-13(19)11-15(12)17;5-1(3(7)8)2(6)4(9)10;/h5-6,11,14,16,19H,2-4,7-10H2,1H3;1-2,5-6H,(H,7,8)(H,9,10);1H2/t14-,16+,17+;1-,2-;/m11./s1. The highest BCUT2D eigenvalue weighted by Crippen LogP contribution is 2.55. The number of nitrogens with zero attached hydrogens (tertiary/aromatic N) is 1. The molecule has 2 bridgehead atoms. The maximum Gasteiger partial charge on any atom is 0.335 e. The van der Waals surface area contributed by atoms with E-state index in [4.69, 9.17) is 20.4 Å². The van der Waals surface area contributed by atoms with Gasteiger partial charge in [-0.1, -0.05) is 18.9 Å². The zero-order chi connectivity index (χ0) is 21.3. The molecule has 1 aromatic carbocycles. The zero-order valence-electron chi connectivity index (χ0n) is 17.0. The van der Waals surface area contributed by atoms with Gasteiger partial charge in [0.25, 0.3) is 0 Å². The van der Waals surface area contributed by atoms with Gasteiger partial charge in [-0.3, -0.25) is 0 Å². The largest absolute Gasteiger partial charge is 0.508 e. The van der Waals surface area contributed by atoms with Crippen molar-refractivity contribution in [3.8, 4) is 5.75 Å². The summed E-state index contributed by atoms with van der Waals surface area (Å²) in [5.74, 6) is -2.27. The molecular formula is C21H31NO8. The van der Waals surface area contributed by atoms with Gasteiger partial charge < -0.3 is 35.9 Å². The molecule has 1 saturated carbocycles. The third kappa shape index (κ3) is 4.29. The Balaban J connectivity index is 0.000000253. The van der Waals surface area contributed by atoms with Crippen LogP contribution in [0.1, 0.15) is 43.2 Å². The van der Waals surface area contributed by atoms with Crippen molar-refractivity contribution in [3.63, 3.8) is 0 Å². The predicted octanol–water partition coefficient (Wildman–Crippen LogP) is 0.133. The SMILES string of the molecule is CN1CC[C@@]23CCCC[C@@H]2[C@@H]1Cc1ccc(O)cc13.O.O=C(O)[C@H](O)[C@@H](O)C(=O)O. The molecule has 30 heavy (non-hydrogen) atoms. The molecule has 4 rings (SSSR count). The minimum Gasteiger partial charge on any atom is -0.508 e. The van der Waals surface area contributed by atoms with Crippen molar-refractivity contribution in [2.45, 2.75) is 62.2 Å². The van der Waals surface area contributed by atoms with Crippen molar-refractivity contribution < 1.29 is 40.6 Å². The Hall–Kier alpha value is -2.20. The number of phenols is 1. The number of rotatable bonds is 3. The van der Waals surface area contributed by atoms with Crippen molar-refractivity contribution in [1.82, 2.24) is 4.90 Å². The number of hydrogen-bond donors (Lipinski definition) is 5. The molecule has 9 nitrogen and oxygen atoms in total. The number of piperidine rings is 1. The molecule has 1 saturated heterocycles. The Morgan fingerprint density at radius 1 is 1.10 bits per heavy atom. The molecule has 7 N–H and O–H groups in total. The number of carbonyl (C=O) groups is 2. The fourth-order valence-corrected chi connectivity index (χ4v) is 5.45. The first-order valence-electron chi connectivity index (χ1n) is 10.0. The first-order chi connectivity index (χ1) is 13.7. The van der Waals surface area contributed by atoms with Gasteiger partial charge in [-0.2, -0.15) is 0 Å². The van der Waals surface area contributed by atoms with E-state index < -0.39 is 24.1 Å². The predicted molar refractivity (Wildman–Crippen MR) is 107 cm³/mol. The highest BCUT2D eigenvalue weighted by atomic mass is 16.4. The lowest BCUT2D eigenvalue weighted by Gasteiger charge is -2.58. The Labute approximate surface area is 174 Å². The number of hydrogen-bond acceptors (Lipinski definition) is 6. The molecule has 1 aromatic rings. The Morgan fingerprint density at radius 2 is 1.73 bits per heavy atom. The Bertz CT molecular complexity index is 766. The number of phenolic OH excluding ortho intramolecular Hbond substituents is 1. The first-order valence-corrected chi connectivity index (χ1v) is 10.0. The summed E-state index contributed by atoms with van der Waals surface area (Å²) >= 11 is 0. The summed E-state index contributed by atoms with van der Waals surface area (Å²) in [6.45, 7) is 1.22. The van der Waals surface area contributed by atoms with E-state index in [1.807, 2.05) is 6.07 Å². The van der Waals surface area contributed by atoms with Crippen LogP contribution in [0.15, 0.2) is 18.2 Å². The smallest absolute Gasteiger partial charge is 0.335 e. The lowest BCUT2D eigenvalue weighted by atomic mass is 9.52. The molecule has 168 valence electrons. The molecule has 0 unspecified atom stereocenters. The monoisotopic (exact) mass is 425 g/mol. The van der Waals surface area contributed by atoms with Crippen molar-refractivity contribution in [3.05, 3.63) is 29.3 Å². The van der Waals surface area contributed by atoms with Crippen LogP contribution in [0.4, 0.5) is 0 Å². The number of fused-ring (bicyclic) bond motifs is 1. The number of aliphatic carboxylic acids is 2. The number of likely N-dealkylation sites (N-methyl/N-ethyl adjacent to an activating group) is 1. The van der Waals surface area contributed by atoms with E-state index in [0.717, 1.165) is 12.0 Å². The normalized spacial score (nSPS) is 29.0. The van der Waals surface area contributed by atoms with Gasteiger partial charge in [-0.05, 0) is 68.5 Å². The number of carboxylic acids is 2. The second kappa shape index (κ2) is 9.30. The maximum absolute atomic E-state index is 9.91. The number of carboxylic acid groups (broad SMARTS) is 2. The number of benzene rings is 1. The van der Waals surface area contributed by atoms with Crippen molar-refractivity contribution in [2.24, 2.45) is 5.92 Å². The lowest BCUT2D eigenvalue weighted by Crippen LogP contribution is -2.59. The maximum atomic E-state index is 9.91. The summed E-state index contributed by atoms with van der Waals surface area (Å²) < 4.78 is 0. The summed E-state index contributed by atoms with van der Waals surface area (Å²) in [5, 5.41) is 42.4. The number of aliphatic hydroxyl groups is 2. The summed E-state index contributed by atoms with van der Waals surface area (Å²) in [4.78, 5) is 22.1. The van der Waals surface area contributed by atoms with E-state index in [1.54, 1.807) is 0 Å². The molecule has 1 heterocycles. The van der Waals surface area contributed by atoms with Gasteiger partial charge in [-0.25, -0.2) is 9.59 Å². The fourth-order valence-electron chi connectivity index (χ4n) is 5.45.